The summed E-state index contributed by atoms with van der Waals surface area (Å²) in [6.07, 6.45) is 0.742. The number of nitrogens with zero attached hydrogens (tertiary/aromatic N) is 2. The van der Waals surface area contributed by atoms with Crippen LogP contribution < -0.4 is 4.74 Å². The highest BCUT2D eigenvalue weighted by Gasteiger charge is 2.17. The summed E-state index contributed by atoms with van der Waals surface area (Å²) >= 11 is 6.23. The Hall–Kier alpha value is -1.52. The third-order valence-electron chi connectivity index (χ3n) is 3.36. The van der Waals surface area contributed by atoms with Gasteiger partial charge in [-0.1, -0.05) is 30.7 Å². The van der Waals surface area contributed by atoms with Crippen LogP contribution in [0.1, 0.15) is 36.4 Å². The third-order valence-corrected chi connectivity index (χ3v) is 3.86. The molecule has 1 atom stereocenters. The number of rotatable bonds is 6. The number of aryl methyl sites for hydroxylation is 2. The maximum absolute atomic E-state index is 10.4. The van der Waals surface area contributed by atoms with Gasteiger partial charge in [-0.2, -0.15) is 5.10 Å². The fraction of sp³-hybridized carbons (Fsp3) is 0.438. The van der Waals surface area contributed by atoms with E-state index in [9.17, 15) is 5.11 Å². The van der Waals surface area contributed by atoms with Crippen LogP contribution in [-0.2, 0) is 13.5 Å². The van der Waals surface area contributed by atoms with Crippen LogP contribution in [0.2, 0.25) is 5.02 Å². The number of aliphatic hydroxyl groups is 1. The molecule has 2 rings (SSSR count). The molecule has 0 saturated carbocycles. The van der Waals surface area contributed by atoms with Crippen molar-refractivity contribution in [1.82, 2.24) is 9.78 Å². The monoisotopic (exact) mass is 308 g/mol. The Morgan fingerprint density at radius 1 is 1.43 bits per heavy atom. The van der Waals surface area contributed by atoms with Crippen LogP contribution in [0.15, 0.2) is 24.3 Å². The van der Waals surface area contributed by atoms with Crippen molar-refractivity contribution in [2.45, 2.75) is 32.8 Å². The van der Waals surface area contributed by atoms with Crippen molar-refractivity contribution in [1.29, 1.82) is 0 Å². The van der Waals surface area contributed by atoms with Gasteiger partial charge in [-0.15, -0.1) is 0 Å². The molecule has 114 valence electrons. The first-order valence-electron chi connectivity index (χ1n) is 7.11. The molecule has 0 spiro atoms. The van der Waals surface area contributed by atoms with E-state index >= 15 is 0 Å². The van der Waals surface area contributed by atoms with E-state index in [4.69, 9.17) is 16.3 Å². The Bertz CT molecular complexity index is 610. The summed E-state index contributed by atoms with van der Waals surface area (Å²) in [4.78, 5) is 0. The van der Waals surface area contributed by atoms with E-state index < -0.39 is 6.10 Å². The first kappa shape index (κ1) is 15.9. The van der Waals surface area contributed by atoms with E-state index in [-0.39, 0.29) is 0 Å². The zero-order valence-electron chi connectivity index (χ0n) is 12.6. The molecule has 1 aromatic carbocycles. The normalized spacial score (nSPS) is 12.4. The number of hydrogen-bond donors (Lipinski definition) is 1. The molecular formula is C16H21ClN2O2. The molecular weight excluding hydrogens is 288 g/mol. The minimum absolute atomic E-state index is 0.424. The molecule has 0 bridgehead atoms. The number of halogens is 1. The van der Waals surface area contributed by atoms with Gasteiger partial charge in [0.2, 0.25) is 0 Å². The second kappa shape index (κ2) is 6.96. The second-order valence-corrected chi connectivity index (χ2v) is 5.49. The van der Waals surface area contributed by atoms with E-state index in [0.717, 1.165) is 29.1 Å². The fourth-order valence-corrected chi connectivity index (χ4v) is 2.47. The largest absolute Gasteiger partial charge is 0.494 e. The van der Waals surface area contributed by atoms with Crippen molar-refractivity contribution in [3.05, 3.63) is 46.2 Å². The van der Waals surface area contributed by atoms with E-state index in [1.54, 1.807) is 4.68 Å². The summed E-state index contributed by atoms with van der Waals surface area (Å²) in [7, 11) is 1.84. The average molecular weight is 309 g/mol. The molecule has 1 unspecified atom stereocenters. The quantitative estimate of drug-likeness (QED) is 0.889. The molecule has 21 heavy (non-hydrogen) atoms. The van der Waals surface area contributed by atoms with Crippen LogP contribution in [0, 0.1) is 6.92 Å². The van der Waals surface area contributed by atoms with E-state index in [2.05, 4.69) is 12.0 Å². The Balaban J connectivity index is 2.14. The van der Waals surface area contributed by atoms with E-state index in [0.29, 0.717) is 18.1 Å². The summed E-state index contributed by atoms with van der Waals surface area (Å²) in [5, 5.41) is 15.3. The predicted molar refractivity (Wildman–Crippen MR) is 83.8 cm³/mol. The van der Waals surface area contributed by atoms with Gasteiger partial charge in [-0.3, -0.25) is 4.68 Å². The van der Waals surface area contributed by atoms with Crippen LogP contribution in [0.5, 0.6) is 5.75 Å². The molecule has 5 heteroatoms. The van der Waals surface area contributed by atoms with Gasteiger partial charge in [0, 0.05) is 13.5 Å². The molecule has 4 nitrogen and oxygen atoms in total. The van der Waals surface area contributed by atoms with Crippen LogP contribution in [0.25, 0.3) is 0 Å². The highest BCUT2D eigenvalue weighted by molar-refractivity contribution is 6.31. The van der Waals surface area contributed by atoms with Crippen molar-refractivity contribution >= 4 is 11.6 Å². The van der Waals surface area contributed by atoms with Crippen molar-refractivity contribution in [2.24, 2.45) is 7.05 Å². The fourth-order valence-electron chi connectivity index (χ4n) is 2.23. The Labute approximate surface area is 130 Å². The highest BCUT2D eigenvalue weighted by atomic mass is 35.5. The van der Waals surface area contributed by atoms with Crippen molar-refractivity contribution < 1.29 is 9.84 Å². The molecule has 0 aliphatic carbocycles. The molecule has 0 aliphatic heterocycles. The molecule has 0 fully saturated rings. The Kier molecular flexibility index (Phi) is 5.26. The Morgan fingerprint density at radius 3 is 2.81 bits per heavy atom. The maximum Gasteiger partial charge on any atom is 0.119 e. The zero-order chi connectivity index (χ0) is 15.4. The van der Waals surface area contributed by atoms with Crippen molar-refractivity contribution in [3.8, 4) is 5.75 Å². The number of hydrogen-bond acceptors (Lipinski definition) is 3. The van der Waals surface area contributed by atoms with Gasteiger partial charge >= 0.3 is 0 Å². The number of aromatic nitrogens is 2. The lowest BCUT2D eigenvalue weighted by atomic mass is 10.0. The van der Waals surface area contributed by atoms with Crippen molar-refractivity contribution in [2.75, 3.05) is 6.61 Å². The summed E-state index contributed by atoms with van der Waals surface area (Å²) < 4.78 is 7.31. The van der Waals surface area contributed by atoms with Crippen molar-refractivity contribution in [3.63, 3.8) is 0 Å². The number of ether oxygens (including phenoxy) is 1. The molecule has 2 aromatic rings. The van der Waals surface area contributed by atoms with Gasteiger partial charge in [0.15, 0.2) is 0 Å². The lowest BCUT2D eigenvalue weighted by molar-refractivity contribution is 0.175. The molecule has 0 amide bonds. The molecule has 1 heterocycles. The highest BCUT2D eigenvalue weighted by Crippen LogP contribution is 2.27. The first-order chi connectivity index (χ1) is 10.0. The van der Waals surface area contributed by atoms with Gasteiger partial charge in [0.05, 0.1) is 29.1 Å². The van der Waals surface area contributed by atoms with E-state index in [1.165, 1.54) is 0 Å². The lowest BCUT2D eigenvalue weighted by Gasteiger charge is -2.13. The maximum atomic E-state index is 10.4. The molecule has 1 aromatic heterocycles. The van der Waals surface area contributed by atoms with Crippen LogP contribution in [0.3, 0.4) is 0 Å². The minimum atomic E-state index is -0.637. The summed E-state index contributed by atoms with van der Waals surface area (Å²) in [6.45, 7) is 4.59. The van der Waals surface area contributed by atoms with Gasteiger partial charge in [0.25, 0.3) is 0 Å². The summed E-state index contributed by atoms with van der Waals surface area (Å²) in [5.74, 6) is 0.778. The lowest BCUT2D eigenvalue weighted by Crippen LogP contribution is -2.07. The molecule has 0 radical (unpaired) electrons. The van der Waals surface area contributed by atoms with Crippen LogP contribution >= 0.6 is 11.6 Å². The standard InChI is InChI=1S/C16H21ClN2O2/c1-4-8-21-13-7-5-6-12(9-13)15(20)10-14-16(17)11(2)18-19(14)3/h5-7,9,15,20H,4,8,10H2,1-3H3. The second-order valence-electron chi connectivity index (χ2n) is 5.11. The predicted octanol–water partition coefficient (Wildman–Crippen LogP) is 3.45. The number of aliphatic hydroxyl groups excluding tert-OH is 1. The third kappa shape index (κ3) is 3.77. The van der Waals surface area contributed by atoms with Gasteiger partial charge in [0.1, 0.15) is 5.75 Å². The molecule has 0 aliphatic rings. The van der Waals surface area contributed by atoms with Gasteiger partial charge < -0.3 is 9.84 Å². The summed E-state index contributed by atoms with van der Waals surface area (Å²) in [5.41, 5.74) is 2.43. The van der Waals surface area contributed by atoms with Gasteiger partial charge in [-0.25, -0.2) is 0 Å². The molecule has 0 saturated heterocycles. The number of benzene rings is 1. The average Bonchev–Trinajstić information content (AvgIpc) is 2.72. The van der Waals surface area contributed by atoms with Gasteiger partial charge in [-0.05, 0) is 31.0 Å². The van der Waals surface area contributed by atoms with E-state index in [1.807, 2.05) is 38.2 Å². The topological polar surface area (TPSA) is 47.3 Å². The SMILES string of the molecule is CCCOc1cccc(C(O)Cc2c(Cl)c(C)nn2C)c1. The zero-order valence-corrected chi connectivity index (χ0v) is 13.4. The first-order valence-corrected chi connectivity index (χ1v) is 7.49. The Morgan fingerprint density at radius 2 is 2.19 bits per heavy atom. The molecule has 1 N–H and O–H groups in total. The minimum Gasteiger partial charge on any atom is -0.494 e. The van der Waals surface area contributed by atoms with Crippen LogP contribution in [-0.4, -0.2) is 21.5 Å². The smallest absolute Gasteiger partial charge is 0.119 e. The van der Waals surface area contributed by atoms with Crippen LogP contribution in [0.4, 0.5) is 0 Å². The summed E-state index contributed by atoms with van der Waals surface area (Å²) in [6, 6.07) is 7.55.